The average Bonchev–Trinajstić information content (AvgIpc) is 2.57. The van der Waals surface area contributed by atoms with Gasteiger partial charge in [0.25, 0.3) is 5.91 Å². The Kier molecular flexibility index (Phi) is 6.03. The third-order valence-electron chi connectivity index (χ3n) is 3.72. The Morgan fingerprint density at radius 2 is 1.83 bits per heavy atom. The van der Waals surface area contributed by atoms with Gasteiger partial charge in [0.1, 0.15) is 5.56 Å². The van der Waals surface area contributed by atoms with Crippen LogP contribution in [0.1, 0.15) is 24.2 Å². The van der Waals surface area contributed by atoms with Crippen LogP contribution in [-0.4, -0.2) is 62.9 Å². The molecule has 0 bridgehead atoms. The molecule has 1 aromatic carbocycles. The average molecular weight is 337 g/mol. The summed E-state index contributed by atoms with van der Waals surface area (Å²) in [6, 6.07) is 4.90. The van der Waals surface area contributed by atoms with Crippen LogP contribution in [0.3, 0.4) is 0 Å². The third-order valence-corrected chi connectivity index (χ3v) is 3.72. The van der Waals surface area contributed by atoms with E-state index in [2.05, 4.69) is 0 Å². The highest BCUT2D eigenvalue weighted by molar-refractivity contribution is 5.95. The summed E-state index contributed by atoms with van der Waals surface area (Å²) in [6.45, 7) is 4.47. The fourth-order valence-electron chi connectivity index (χ4n) is 2.73. The monoisotopic (exact) mass is 337 g/mol. The number of hydrogen-bond donors (Lipinski definition) is 0. The largest absolute Gasteiger partial charge is 0.493 e. The third kappa shape index (κ3) is 4.17. The van der Waals surface area contributed by atoms with Crippen molar-refractivity contribution in [2.24, 2.45) is 0 Å². The number of benzene rings is 1. The molecule has 0 saturated carbocycles. The van der Waals surface area contributed by atoms with Gasteiger partial charge in [-0.1, -0.05) is 6.07 Å². The number of hydrogen-bond acceptors (Lipinski definition) is 6. The van der Waals surface area contributed by atoms with Crippen LogP contribution in [0.5, 0.6) is 11.5 Å². The molecule has 24 heavy (non-hydrogen) atoms. The van der Waals surface area contributed by atoms with Crippen molar-refractivity contribution in [3.63, 3.8) is 0 Å². The van der Waals surface area contributed by atoms with E-state index in [9.17, 15) is 9.59 Å². The molecule has 7 heteroatoms. The number of esters is 1. The van der Waals surface area contributed by atoms with E-state index in [0.29, 0.717) is 18.8 Å². The Hall–Kier alpha value is -2.28. The van der Waals surface area contributed by atoms with Crippen LogP contribution in [0.2, 0.25) is 0 Å². The summed E-state index contributed by atoms with van der Waals surface area (Å²) in [6.07, 6.45) is -0.0706. The van der Waals surface area contributed by atoms with E-state index in [0.717, 1.165) is 0 Å². The molecular formula is C17H23NO6. The standard InChI is InChI=1S/C17H23NO6/c1-11-8-18(9-12(2)24-11)15(19)10-23-17(20)13-6-5-7-14(21-3)16(13)22-4/h5-7,11-12H,8-10H2,1-4H3/t11-,12-/m1/s1. The first-order valence-corrected chi connectivity index (χ1v) is 7.77. The number of carbonyl (C=O) groups excluding carboxylic acids is 2. The van der Waals surface area contributed by atoms with Crippen molar-refractivity contribution in [2.75, 3.05) is 33.9 Å². The first-order valence-electron chi connectivity index (χ1n) is 7.77. The highest BCUT2D eigenvalue weighted by Crippen LogP contribution is 2.31. The highest BCUT2D eigenvalue weighted by Gasteiger charge is 2.27. The van der Waals surface area contributed by atoms with Gasteiger partial charge in [0.05, 0.1) is 26.4 Å². The first kappa shape index (κ1) is 18.1. The highest BCUT2D eigenvalue weighted by atomic mass is 16.5. The second kappa shape index (κ2) is 8.01. The molecule has 1 saturated heterocycles. The van der Waals surface area contributed by atoms with Gasteiger partial charge in [-0.25, -0.2) is 4.79 Å². The predicted octanol–water partition coefficient (Wildman–Crippen LogP) is 1.50. The molecule has 2 rings (SSSR count). The maximum absolute atomic E-state index is 12.3. The van der Waals surface area contributed by atoms with E-state index < -0.39 is 5.97 Å². The van der Waals surface area contributed by atoms with Gasteiger partial charge in [-0.05, 0) is 26.0 Å². The van der Waals surface area contributed by atoms with Gasteiger partial charge >= 0.3 is 5.97 Å². The van der Waals surface area contributed by atoms with Crippen molar-refractivity contribution in [1.82, 2.24) is 4.90 Å². The summed E-state index contributed by atoms with van der Waals surface area (Å²) < 4.78 is 21.1. The lowest BCUT2D eigenvalue weighted by atomic mass is 10.2. The van der Waals surface area contributed by atoms with Gasteiger partial charge < -0.3 is 23.8 Å². The molecule has 0 N–H and O–H groups in total. The molecule has 1 fully saturated rings. The number of methoxy groups -OCH3 is 2. The zero-order chi connectivity index (χ0) is 17.7. The van der Waals surface area contributed by atoms with E-state index in [1.54, 1.807) is 23.1 Å². The zero-order valence-electron chi connectivity index (χ0n) is 14.4. The summed E-state index contributed by atoms with van der Waals surface area (Å²) in [5.74, 6) is -0.166. The normalized spacial score (nSPS) is 20.4. The van der Waals surface area contributed by atoms with Crippen LogP contribution in [0.15, 0.2) is 18.2 Å². The SMILES string of the molecule is COc1cccc(C(=O)OCC(=O)N2C[C@@H](C)O[C@H](C)C2)c1OC. The number of amides is 1. The molecule has 0 aromatic heterocycles. The minimum atomic E-state index is -0.631. The molecule has 0 radical (unpaired) electrons. The molecule has 0 unspecified atom stereocenters. The van der Waals surface area contributed by atoms with Gasteiger partial charge in [0.15, 0.2) is 18.1 Å². The van der Waals surface area contributed by atoms with E-state index in [-0.39, 0.29) is 36.0 Å². The number of ether oxygens (including phenoxy) is 4. The Labute approximate surface area is 141 Å². The van der Waals surface area contributed by atoms with E-state index >= 15 is 0 Å². The fraction of sp³-hybridized carbons (Fsp3) is 0.529. The van der Waals surface area contributed by atoms with Crippen molar-refractivity contribution in [3.8, 4) is 11.5 Å². The molecule has 1 amide bonds. The van der Waals surface area contributed by atoms with Crippen molar-refractivity contribution < 1.29 is 28.5 Å². The number of morpholine rings is 1. The number of nitrogens with zero attached hydrogens (tertiary/aromatic N) is 1. The molecule has 132 valence electrons. The summed E-state index contributed by atoms with van der Waals surface area (Å²) in [4.78, 5) is 26.1. The van der Waals surface area contributed by atoms with Crippen LogP contribution in [-0.2, 0) is 14.3 Å². The van der Waals surface area contributed by atoms with Crippen LogP contribution in [0, 0.1) is 0 Å². The Morgan fingerprint density at radius 3 is 2.42 bits per heavy atom. The molecular weight excluding hydrogens is 314 g/mol. The lowest BCUT2D eigenvalue weighted by Crippen LogP contribution is -2.49. The molecule has 1 aromatic rings. The molecule has 1 aliphatic rings. The van der Waals surface area contributed by atoms with Crippen molar-refractivity contribution >= 4 is 11.9 Å². The molecule has 2 atom stereocenters. The number of carbonyl (C=O) groups is 2. The number of rotatable bonds is 5. The smallest absolute Gasteiger partial charge is 0.342 e. The van der Waals surface area contributed by atoms with E-state index in [4.69, 9.17) is 18.9 Å². The fourth-order valence-corrected chi connectivity index (χ4v) is 2.73. The van der Waals surface area contributed by atoms with Crippen molar-refractivity contribution in [3.05, 3.63) is 23.8 Å². The Morgan fingerprint density at radius 1 is 1.17 bits per heavy atom. The first-order chi connectivity index (χ1) is 11.5. The predicted molar refractivity (Wildman–Crippen MR) is 86.4 cm³/mol. The zero-order valence-corrected chi connectivity index (χ0v) is 14.4. The minimum absolute atomic E-state index is 0.0353. The number of para-hydroxylation sites is 1. The maximum atomic E-state index is 12.3. The van der Waals surface area contributed by atoms with Crippen molar-refractivity contribution in [1.29, 1.82) is 0 Å². The minimum Gasteiger partial charge on any atom is -0.493 e. The molecule has 1 heterocycles. The quantitative estimate of drug-likeness (QED) is 0.758. The summed E-state index contributed by atoms with van der Waals surface area (Å²) in [7, 11) is 2.92. The Balaban J connectivity index is 1.99. The van der Waals surface area contributed by atoms with Crippen LogP contribution < -0.4 is 9.47 Å². The van der Waals surface area contributed by atoms with Gasteiger partial charge in [-0.3, -0.25) is 4.79 Å². The van der Waals surface area contributed by atoms with Gasteiger partial charge in [-0.15, -0.1) is 0 Å². The van der Waals surface area contributed by atoms with Crippen LogP contribution >= 0.6 is 0 Å². The van der Waals surface area contributed by atoms with E-state index in [1.807, 2.05) is 13.8 Å². The second-order valence-corrected chi connectivity index (χ2v) is 5.67. The maximum Gasteiger partial charge on any atom is 0.342 e. The van der Waals surface area contributed by atoms with Gasteiger partial charge in [0, 0.05) is 13.1 Å². The van der Waals surface area contributed by atoms with Crippen LogP contribution in [0.25, 0.3) is 0 Å². The summed E-state index contributed by atoms with van der Waals surface area (Å²) in [5, 5.41) is 0. The van der Waals surface area contributed by atoms with Gasteiger partial charge in [0.2, 0.25) is 0 Å². The Bertz CT molecular complexity index is 593. The van der Waals surface area contributed by atoms with E-state index in [1.165, 1.54) is 14.2 Å². The van der Waals surface area contributed by atoms with Gasteiger partial charge in [-0.2, -0.15) is 0 Å². The molecule has 1 aliphatic heterocycles. The second-order valence-electron chi connectivity index (χ2n) is 5.67. The molecule has 7 nitrogen and oxygen atoms in total. The summed E-state index contributed by atoms with van der Waals surface area (Å²) >= 11 is 0. The lowest BCUT2D eigenvalue weighted by molar-refractivity contribution is -0.146. The molecule has 0 spiro atoms. The molecule has 0 aliphatic carbocycles. The lowest BCUT2D eigenvalue weighted by Gasteiger charge is -2.35. The van der Waals surface area contributed by atoms with Crippen molar-refractivity contribution in [2.45, 2.75) is 26.1 Å². The van der Waals surface area contributed by atoms with Crippen LogP contribution in [0.4, 0.5) is 0 Å². The summed E-state index contributed by atoms with van der Waals surface area (Å²) in [5.41, 5.74) is 0.216. The topological polar surface area (TPSA) is 74.3 Å².